The first-order valence-corrected chi connectivity index (χ1v) is 10.3. The molecule has 28 heavy (non-hydrogen) atoms. The first-order valence-electron chi connectivity index (χ1n) is 10.3. The normalized spacial score (nSPS) is 15.5. The van der Waals surface area contributed by atoms with E-state index in [2.05, 4.69) is 48.6 Å². The minimum Gasteiger partial charge on any atom is -0.297 e. The Balaban J connectivity index is 1.68. The molecule has 0 unspecified atom stereocenters. The van der Waals surface area contributed by atoms with Gasteiger partial charge in [-0.25, -0.2) is 4.79 Å². The highest BCUT2D eigenvalue weighted by molar-refractivity contribution is 6.00. The number of hydrogen-bond acceptors (Lipinski definition) is 3. The highest BCUT2D eigenvalue weighted by Gasteiger charge is 2.16. The summed E-state index contributed by atoms with van der Waals surface area (Å²) in [5, 5.41) is 6.86. The highest BCUT2D eigenvalue weighted by atomic mass is 16.7. The van der Waals surface area contributed by atoms with Gasteiger partial charge in [0.2, 0.25) is 0 Å². The zero-order valence-corrected chi connectivity index (χ0v) is 16.9. The summed E-state index contributed by atoms with van der Waals surface area (Å²) < 4.78 is 0. The van der Waals surface area contributed by atoms with Crippen LogP contribution in [0.5, 0.6) is 0 Å². The molecule has 2 aromatic carbocycles. The number of rotatable bonds is 6. The van der Waals surface area contributed by atoms with Gasteiger partial charge < -0.3 is 0 Å². The minimum absolute atomic E-state index is 0.414. The predicted molar refractivity (Wildman–Crippen MR) is 115 cm³/mol. The van der Waals surface area contributed by atoms with Crippen LogP contribution in [0.2, 0.25) is 0 Å². The lowest BCUT2D eigenvalue weighted by molar-refractivity contribution is 0.166. The van der Waals surface area contributed by atoms with Gasteiger partial charge in [0.05, 0.1) is 5.71 Å². The molecule has 4 heteroatoms. The van der Waals surface area contributed by atoms with Crippen molar-refractivity contribution in [1.82, 2.24) is 0 Å². The van der Waals surface area contributed by atoms with Gasteiger partial charge in [-0.15, -0.1) is 0 Å². The molecule has 0 aliphatic heterocycles. The topological polar surface area (TPSA) is 50.7 Å². The van der Waals surface area contributed by atoms with Crippen molar-refractivity contribution < 1.29 is 9.63 Å². The van der Waals surface area contributed by atoms with Gasteiger partial charge >= 0.3 is 6.09 Å². The average molecular weight is 379 g/mol. The lowest BCUT2D eigenvalue weighted by atomic mass is 9.83. The molecule has 0 radical (unpaired) electrons. The number of nitrogens with one attached hydrogen (secondary N) is 1. The second-order valence-electron chi connectivity index (χ2n) is 7.96. The Morgan fingerprint density at radius 2 is 1.71 bits per heavy atom. The molecule has 1 fully saturated rings. The summed E-state index contributed by atoms with van der Waals surface area (Å²) in [6.07, 6.45) is 6.77. The molecule has 3 rings (SSSR count). The first kappa shape index (κ1) is 20.1. The number of carbonyl (C=O) groups excluding carboxylic acids is 1. The number of hydrogen-bond donors (Lipinski definition) is 1. The van der Waals surface area contributed by atoms with Gasteiger partial charge in [-0.2, -0.15) is 0 Å². The predicted octanol–water partition coefficient (Wildman–Crippen LogP) is 6.73. The molecule has 1 aliphatic carbocycles. The Hall–Kier alpha value is -2.62. The van der Waals surface area contributed by atoms with E-state index in [0.717, 1.165) is 17.7 Å². The second kappa shape index (κ2) is 10.1. The second-order valence-corrected chi connectivity index (χ2v) is 7.96. The monoisotopic (exact) mass is 378 g/mol. The van der Waals surface area contributed by atoms with Crippen molar-refractivity contribution in [3.05, 3.63) is 65.7 Å². The number of para-hydroxylation sites is 1. The van der Waals surface area contributed by atoms with Gasteiger partial charge in [-0.05, 0) is 54.4 Å². The fourth-order valence-corrected chi connectivity index (χ4v) is 3.74. The Labute approximate surface area is 168 Å². The summed E-state index contributed by atoms with van der Waals surface area (Å²) in [6, 6.07) is 17.9. The Bertz CT molecular complexity index is 776. The van der Waals surface area contributed by atoms with Crippen LogP contribution in [0.25, 0.3) is 0 Å². The van der Waals surface area contributed by atoms with E-state index in [1.807, 2.05) is 30.3 Å². The Morgan fingerprint density at radius 3 is 2.36 bits per heavy atom. The van der Waals surface area contributed by atoms with E-state index in [4.69, 9.17) is 4.84 Å². The molecule has 1 saturated carbocycles. The summed E-state index contributed by atoms with van der Waals surface area (Å²) >= 11 is 0. The maximum absolute atomic E-state index is 12.1. The molecule has 0 heterocycles. The number of benzene rings is 2. The number of anilines is 1. The molecule has 0 spiro atoms. The van der Waals surface area contributed by atoms with Gasteiger partial charge in [-0.3, -0.25) is 10.2 Å². The molecule has 1 amide bonds. The number of oxime groups is 1. The van der Waals surface area contributed by atoms with Crippen LogP contribution in [0.1, 0.15) is 69.4 Å². The third-order valence-corrected chi connectivity index (χ3v) is 5.18. The molecule has 1 aliphatic rings. The lowest BCUT2D eigenvalue weighted by Crippen LogP contribution is -2.13. The fraction of sp³-hybridized carbons (Fsp3) is 0.417. The maximum Gasteiger partial charge on any atom is 0.437 e. The quantitative estimate of drug-likeness (QED) is 0.344. The zero-order chi connectivity index (χ0) is 19.8. The summed E-state index contributed by atoms with van der Waals surface area (Å²) in [5.74, 6) is 1.10. The van der Waals surface area contributed by atoms with Crippen molar-refractivity contribution in [2.24, 2.45) is 11.1 Å². The van der Waals surface area contributed by atoms with E-state index in [1.54, 1.807) is 0 Å². The molecule has 0 bridgehead atoms. The summed E-state index contributed by atoms with van der Waals surface area (Å²) in [6.45, 7) is 4.27. The fourth-order valence-electron chi connectivity index (χ4n) is 3.74. The zero-order valence-electron chi connectivity index (χ0n) is 16.9. The molecule has 2 aromatic rings. The molecule has 1 N–H and O–H groups in total. The van der Waals surface area contributed by atoms with Crippen molar-refractivity contribution in [1.29, 1.82) is 0 Å². The summed E-state index contributed by atoms with van der Waals surface area (Å²) in [4.78, 5) is 17.2. The molecule has 0 atom stereocenters. The standard InChI is InChI=1S/C24H30N2O2/c1-18(2)17-23(26-28-24(27)25-22-11-7-4-8-12-22)21-15-13-20(14-16-21)19-9-5-3-6-10-19/h4,7-8,11-16,18-19H,3,5-6,9-10,17H2,1-2H3,(H,25,27)/b26-23-. The van der Waals surface area contributed by atoms with Crippen LogP contribution in [-0.4, -0.2) is 11.8 Å². The van der Waals surface area contributed by atoms with Gasteiger partial charge in [-0.1, -0.05) is 80.7 Å². The van der Waals surface area contributed by atoms with Crippen molar-refractivity contribution >= 4 is 17.5 Å². The summed E-state index contributed by atoms with van der Waals surface area (Å²) in [7, 11) is 0. The van der Waals surface area contributed by atoms with Crippen LogP contribution in [0.3, 0.4) is 0 Å². The van der Waals surface area contributed by atoms with E-state index >= 15 is 0 Å². The van der Waals surface area contributed by atoms with Gasteiger partial charge in [0.15, 0.2) is 0 Å². The van der Waals surface area contributed by atoms with E-state index < -0.39 is 6.09 Å². The largest absolute Gasteiger partial charge is 0.437 e. The SMILES string of the molecule is CC(C)C/C(=N/OC(=O)Nc1ccccc1)c1ccc(C2CCCCC2)cc1. The van der Waals surface area contributed by atoms with Gasteiger partial charge in [0.1, 0.15) is 0 Å². The Kier molecular flexibility index (Phi) is 7.24. The van der Waals surface area contributed by atoms with Crippen LogP contribution in [-0.2, 0) is 4.84 Å². The third kappa shape index (κ3) is 5.95. The van der Waals surface area contributed by atoms with Gasteiger partial charge in [0.25, 0.3) is 0 Å². The third-order valence-electron chi connectivity index (χ3n) is 5.18. The number of amides is 1. The van der Waals surface area contributed by atoms with E-state index in [0.29, 0.717) is 17.5 Å². The molecular formula is C24H30N2O2. The van der Waals surface area contributed by atoms with Crippen LogP contribution in [0, 0.1) is 5.92 Å². The highest BCUT2D eigenvalue weighted by Crippen LogP contribution is 2.32. The number of nitrogens with zero attached hydrogens (tertiary/aromatic N) is 1. The van der Waals surface area contributed by atoms with Crippen LogP contribution >= 0.6 is 0 Å². The van der Waals surface area contributed by atoms with Crippen molar-refractivity contribution in [3.63, 3.8) is 0 Å². The van der Waals surface area contributed by atoms with E-state index in [1.165, 1.54) is 37.7 Å². The van der Waals surface area contributed by atoms with Crippen molar-refractivity contribution in [2.45, 2.75) is 58.3 Å². The molecule has 4 nitrogen and oxygen atoms in total. The van der Waals surface area contributed by atoms with E-state index in [-0.39, 0.29) is 0 Å². The van der Waals surface area contributed by atoms with Crippen molar-refractivity contribution in [3.8, 4) is 0 Å². The Morgan fingerprint density at radius 1 is 1.04 bits per heavy atom. The van der Waals surface area contributed by atoms with Crippen LogP contribution in [0.15, 0.2) is 59.8 Å². The van der Waals surface area contributed by atoms with Crippen molar-refractivity contribution in [2.75, 3.05) is 5.32 Å². The summed E-state index contributed by atoms with van der Waals surface area (Å²) in [5.41, 5.74) is 3.91. The lowest BCUT2D eigenvalue weighted by Gasteiger charge is -2.22. The smallest absolute Gasteiger partial charge is 0.297 e. The van der Waals surface area contributed by atoms with Crippen LogP contribution < -0.4 is 5.32 Å². The first-order chi connectivity index (χ1) is 13.6. The average Bonchev–Trinajstić information content (AvgIpc) is 2.72. The molecule has 0 saturated heterocycles. The minimum atomic E-state index is -0.578. The molecule has 0 aromatic heterocycles. The van der Waals surface area contributed by atoms with E-state index in [9.17, 15) is 4.79 Å². The number of carbonyl (C=O) groups is 1. The maximum atomic E-state index is 12.1. The molecular weight excluding hydrogens is 348 g/mol. The van der Waals surface area contributed by atoms with Crippen LogP contribution in [0.4, 0.5) is 10.5 Å². The van der Waals surface area contributed by atoms with Gasteiger partial charge in [0, 0.05) is 5.69 Å². The molecule has 148 valence electrons.